The molecular formula is C14H22N2O3S. The Hall–Kier alpha value is -1.56. The normalized spacial score (nSPS) is 11.2. The number of amides is 2. The van der Waals surface area contributed by atoms with E-state index in [0.29, 0.717) is 19.4 Å². The fourth-order valence-corrected chi connectivity index (χ4v) is 2.94. The summed E-state index contributed by atoms with van der Waals surface area (Å²) in [7, 11) is 0. The lowest BCUT2D eigenvalue weighted by Gasteiger charge is -2.27. The van der Waals surface area contributed by atoms with Crippen molar-refractivity contribution in [2.75, 3.05) is 0 Å². The second kappa shape index (κ2) is 6.74. The number of hydrogen-bond acceptors (Lipinski definition) is 3. The molecule has 2 amide bonds. The van der Waals surface area contributed by atoms with Crippen LogP contribution in [0.3, 0.4) is 0 Å². The lowest BCUT2D eigenvalue weighted by Crippen LogP contribution is -2.56. The summed E-state index contributed by atoms with van der Waals surface area (Å²) in [5.74, 6) is -1.000. The number of urea groups is 1. The number of carboxylic acid groups (broad SMARTS) is 1. The molecule has 6 heteroatoms. The van der Waals surface area contributed by atoms with E-state index in [2.05, 4.69) is 10.6 Å². The van der Waals surface area contributed by atoms with Gasteiger partial charge in [-0.2, -0.15) is 0 Å². The van der Waals surface area contributed by atoms with Crippen LogP contribution in [0, 0.1) is 13.8 Å². The number of aliphatic carboxylic acids is 1. The fourth-order valence-electron chi connectivity index (χ4n) is 1.95. The number of hydrogen-bond donors (Lipinski definition) is 3. The highest BCUT2D eigenvalue weighted by Crippen LogP contribution is 2.20. The standard InChI is InChI=1S/C14H22N2O3S/c1-5-14(6-2,12(17)18)16-13(19)15-8-11-7-9(3)10(4)20-11/h7H,5-6,8H2,1-4H3,(H,17,18)(H2,15,16,19). The number of carboxylic acids is 1. The molecule has 1 rings (SSSR count). The molecular weight excluding hydrogens is 276 g/mol. The van der Waals surface area contributed by atoms with Crippen LogP contribution < -0.4 is 10.6 Å². The highest BCUT2D eigenvalue weighted by atomic mass is 32.1. The largest absolute Gasteiger partial charge is 0.480 e. The quantitative estimate of drug-likeness (QED) is 0.755. The van der Waals surface area contributed by atoms with Crippen LogP contribution in [0.1, 0.15) is 42.0 Å². The van der Waals surface area contributed by atoms with Gasteiger partial charge in [0.25, 0.3) is 0 Å². The van der Waals surface area contributed by atoms with E-state index in [4.69, 9.17) is 0 Å². The van der Waals surface area contributed by atoms with Gasteiger partial charge in [0.15, 0.2) is 0 Å². The van der Waals surface area contributed by atoms with Crippen molar-refractivity contribution in [3.8, 4) is 0 Å². The first kappa shape index (κ1) is 16.5. The van der Waals surface area contributed by atoms with E-state index in [1.54, 1.807) is 25.2 Å². The maximum absolute atomic E-state index is 11.9. The summed E-state index contributed by atoms with van der Waals surface area (Å²) in [6.07, 6.45) is 0.701. The molecule has 0 aliphatic carbocycles. The Bertz CT molecular complexity index is 473. The van der Waals surface area contributed by atoms with Gasteiger partial charge in [-0.1, -0.05) is 13.8 Å². The average molecular weight is 298 g/mol. The van der Waals surface area contributed by atoms with Crippen LogP contribution in [-0.4, -0.2) is 22.6 Å². The molecule has 1 heterocycles. The third kappa shape index (κ3) is 3.72. The van der Waals surface area contributed by atoms with E-state index < -0.39 is 17.5 Å². The van der Waals surface area contributed by atoms with Crippen LogP contribution in [0.15, 0.2) is 6.07 Å². The van der Waals surface area contributed by atoms with E-state index in [1.807, 2.05) is 19.9 Å². The van der Waals surface area contributed by atoms with Crippen LogP contribution in [0.4, 0.5) is 4.79 Å². The first-order valence-electron chi connectivity index (χ1n) is 6.70. The Balaban J connectivity index is 2.61. The molecule has 0 radical (unpaired) electrons. The highest BCUT2D eigenvalue weighted by Gasteiger charge is 2.36. The zero-order valence-electron chi connectivity index (χ0n) is 12.4. The lowest BCUT2D eigenvalue weighted by molar-refractivity contribution is -0.144. The molecule has 0 fully saturated rings. The zero-order chi connectivity index (χ0) is 15.3. The first-order chi connectivity index (χ1) is 9.34. The Morgan fingerprint density at radius 2 is 1.90 bits per heavy atom. The molecule has 5 nitrogen and oxygen atoms in total. The monoisotopic (exact) mass is 298 g/mol. The predicted molar refractivity (Wildman–Crippen MR) is 80.1 cm³/mol. The van der Waals surface area contributed by atoms with Crippen LogP contribution in [0.25, 0.3) is 0 Å². The second-order valence-corrected chi connectivity index (χ2v) is 6.19. The SMILES string of the molecule is CCC(CC)(NC(=O)NCc1cc(C)c(C)s1)C(=O)O. The molecule has 112 valence electrons. The molecule has 20 heavy (non-hydrogen) atoms. The van der Waals surface area contributed by atoms with Gasteiger partial charge >= 0.3 is 12.0 Å². The molecule has 0 bridgehead atoms. The van der Waals surface area contributed by atoms with E-state index in [0.717, 1.165) is 4.88 Å². The molecule has 0 unspecified atom stereocenters. The minimum absolute atomic E-state index is 0.351. The van der Waals surface area contributed by atoms with Gasteiger partial charge in [-0.3, -0.25) is 0 Å². The maximum Gasteiger partial charge on any atom is 0.329 e. The molecule has 0 saturated heterocycles. The molecule has 0 saturated carbocycles. The molecule has 0 spiro atoms. The lowest BCUT2D eigenvalue weighted by atomic mass is 9.93. The number of carbonyl (C=O) groups is 2. The summed E-state index contributed by atoms with van der Waals surface area (Å²) in [5.41, 5.74) is 0.0138. The van der Waals surface area contributed by atoms with Gasteiger partial charge < -0.3 is 15.7 Å². The Kier molecular flexibility index (Phi) is 5.56. The third-order valence-corrected chi connectivity index (χ3v) is 4.76. The van der Waals surface area contributed by atoms with Gasteiger partial charge in [0.2, 0.25) is 0 Å². The van der Waals surface area contributed by atoms with E-state index in [1.165, 1.54) is 10.4 Å². The number of thiophene rings is 1. The molecule has 0 aliphatic heterocycles. The van der Waals surface area contributed by atoms with Gasteiger partial charge in [0.1, 0.15) is 5.54 Å². The highest BCUT2D eigenvalue weighted by molar-refractivity contribution is 7.12. The summed E-state index contributed by atoms with van der Waals surface area (Å²) in [4.78, 5) is 25.5. The number of carbonyl (C=O) groups excluding carboxylic acids is 1. The van der Waals surface area contributed by atoms with Crippen LogP contribution in [-0.2, 0) is 11.3 Å². The summed E-state index contributed by atoms with van der Waals surface area (Å²) in [5, 5.41) is 14.5. The number of nitrogens with one attached hydrogen (secondary N) is 2. The zero-order valence-corrected chi connectivity index (χ0v) is 13.2. The van der Waals surface area contributed by atoms with Crippen molar-refractivity contribution in [2.45, 2.75) is 52.6 Å². The molecule has 0 atom stereocenters. The van der Waals surface area contributed by atoms with Gasteiger partial charge in [-0.05, 0) is 38.3 Å². The van der Waals surface area contributed by atoms with Crippen LogP contribution in [0.2, 0.25) is 0 Å². The smallest absolute Gasteiger partial charge is 0.329 e. The molecule has 1 aromatic rings. The minimum Gasteiger partial charge on any atom is -0.480 e. The van der Waals surface area contributed by atoms with Crippen LogP contribution >= 0.6 is 11.3 Å². The van der Waals surface area contributed by atoms with Crippen LogP contribution in [0.5, 0.6) is 0 Å². The van der Waals surface area contributed by atoms with E-state index in [-0.39, 0.29) is 0 Å². The van der Waals surface area contributed by atoms with Crippen molar-refractivity contribution >= 4 is 23.3 Å². The van der Waals surface area contributed by atoms with Gasteiger partial charge in [0.05, 0.1) is 6.54 Å². The number of rotatable bonds is 6. The van der Waals surface area contributed by atoms with Gasteiger partial charge in [-0.15, -0.1) is 11.3 Å². The van der Waals surface area contributed by atoms with Crippen molar-refractivity contribution in [1.82, 2.24) is 10.6 Å². The van der Waals surface area contributed by atoms with E-state index >= 15 is 0 Å². The van der Waals surface area contributed by atoms with Crippen molar-refractivity contribution in [1.29, 1.82) is 0 Å². The summed E-state index contributed by atoms with van der Waals surface area (Å²) < 4.78 is 0. The number of aryl methyl sites for hydroxylation is 2. The minimum atomic E-state index is -1.19. The van der Waals surface area contributed by atoms with Crippen molar-refractivity contribution in [3.05, 3.63) is 21.4 Å². The van der Waals surface area contributed by atoms with Crippen molar-refractivity contribution in [3.63, 3.8) is 0 Å². The summed E-state index contributed by atoms with van der Waals surface area (Å²) in [6, 6.07) is 1.59. The first-order valence-corrected chi connectivity index (χ1v) is 7.51. The van der Waals surface area contributed by atoms with Crippen molar-refractivity contribution < 1.29 is 14.7 Å². The van der Waals surface area contributed by atoms with Crippen molar-refractivity contribution in [2.24, 2.45) is 0 Å². The average Bonchev–Trinajstić information content (AvgIpc) is 2.72. The van der Waals surface area contributed by atoms with Gasteiger partial charge in [0, 0.05) is 9.75 Å². The fraction of sp³-hybridized carbons (Fsp3) is 0.571. The Morgan fingerprint density at radius 1 is 1.30 bits per heavy atom. The van der Waals surface area contributed by atoms with E-state index in [9.17, 15) is 14.7 Å². The van der Waals surface area contributed by atoms with Gasteiger partial charge in [-0.25, -0.2) is 9.59 Å². The predicted octanol–water partition coefficient (Wildman–Crippen LogP) is 2.81. The molecule has 0 aromatic carbocycles. The summed E-state index contributed by atoms with van der Waals surface area (Å²) in [6.45, 7) is 7.98. The third-order valence-electron chi connectivity index (χ3n) is 3.61. The Labute approximate surface area is 123 Å². The topological polar surface area (TPSA) is 78.4 Å². The molecule has 0 aliphatic rings. The molecule has 1 aromatic heterocycles. The Morgan fingerprint density at radius 3 is 2.30 bits per heavy atom. The maximum atomic E-state index is 11.9. The second-order valence-electron chi connectivity index (χ2n) is 4.85. The summed E-state index contributed by atoms with van der Waals surface area (Å²) >= 11 is 1.63. The molecule has 3 N–H and O–H groups in total.